The zero-order valence-corrected chi connectivity index (χ0v) is 17.1. The predicted octanol–water partition coefficient (Wildman–Crippen LogP) is 5.06. The van der Waals surface area contributed by atoms with Crippen LogP contribution in [-0.4, -0.2) is 28.8 Å². The molecule has 3 rings (SSSR count). The minimum absolute atomic E-state index is 0.0514. The van der Waals surface area contributed by atoms with E-state index >= 15 is 0 Å². The van der Waals surface area contributed by atoms with E-state index in [-0.39, 0.29) is 12.0 Å². The summed E-state index contributed by atoms with van der Waals surface area (Å²) >= 11 is 6.58. The molecule has 4 nitrogen and oxygen atoms in total. The molecule has 27 heavy (non-hydrogen) atoms. The maximum Gasteiger partial charge on any atom is 0.266 e. The van der Waals surface area contributed by atoms with Crippen LogP contribution in [0.3, 0.4) is 0 Å². The second-order valence-electron chi connectivity index (χ2n) is 6.01. The van der Waals surface area contributed by atoms with E-state index in [1.807, 2.05) is 68.5 Å². The Morgan fingerprint density at radius 3 is 2.56 bits per heavy atom. The van der Waals surface area contributed by atoms with Gasteiger partial charge in [-0.2, -0.15) is 0 Å². The number of rotatable bonds is 6. The van der Waals surface area contributed by atoms with Crippen molar-refractivity contribution in [1.29, 1.82) is 0 Å². The molecule has 0 spiro atoms. The monoisotopic (exact) mass is 399 g/mol. The molecule has 0 aliphatic carbocycles. The van der Waals surface area contributed by atoms with E-state index in [1.54, 1.807) is 12.0 Å². The molecule has 2 aromatic carbocycles. The molecular formula is C21H21NO3S2. The van der Waals surface area contributed by atoms with Crippen molar-refractivity contribution in [3.8, 4) is 11.5 Å². The number of carbonyl (C=O) groups excluding carboxylic acids is 1. The summed E-state index contributed by atoms with van der Waals surface area (Å²) in [5.41, 5.74) is 1.95. The van der Waals surface area contributed by atoms with Gasteiger partial charge in [0.2, 0.25) is 0 Å². The number of thiocarbonyl (C=S) groups is 1. The number of carbonyl (C=O) groups is 1. The lowest BCUT2D eigenvalue weighted by molar-refractivity contribution is -0.121. The molecule has 1 atom stereocenters. The first-order chi connectivity index (χ1) is 13.0. The Morgan fingerprint density at radius 1 is 1.19 bits per heavy atom. The van der Waals surface area contributed by atoms with Crippen LogP contribution in [-0.2, 0) is 4.79 Å². The van der Waals surface area contributed by atoms with Crippen molar-refractivity contribution in [3.05, 3.63) is 64.6 Å². The fraction of sp³-hybridized carbons (Fsp3) is 0.238. The van der Waals surface area contributed by atoms with Gasteiger partial charge in [-0.1, -0.05) is 60.4 Å². The minimum Gasteiger partial charge on any atom is -0.493 e. The van der Waals surface area contributed by atoms with Gasteiger partial charge in [0.05, 0.1) is 12.0 Å². The molecule has 1 aliphatic heterocycles. The molecule has 1 heterocycles. The third-order valence-corrected chi connectivity index (χ3v) is 5.63. The van der Waals surface area contributed by atoms with Gasteiger partial charge in [-0.05, 0) is 43.2 Å². The molecule has 1 saturated heterocycles. The number of thioether (sulfide) groups is 1. The van der Waals surface area contributed by atoms with Gasteiger partial charge >= 0.3 is 0 Å². The van der Waals surface area contributed by atoms with Crippen LogP contribution >= 0.6 is 24.0 Å². The van der Waals surface area contributed by atoms with Gasteiger partial charge in [-0.25, -0.2) is 0 Å². The van der Waals surface area contributed by atoms with Crippen LogP contribution in [0.4, 0.5) is 0 Å². The van der Waals surface area contributed by atoms with Crippen molar-refractivity contribution in [2.75, 3.05) is 13.7 Å². The number of likely N-dealkylation sites (N-methyl/N-ethyl adjacent to an activating group) is 1. The Kier molecular flexibility index (Phi) is 6.19. The summed E-state index contributed by atoms with van der Waals surface area (Å²) in [6, 6.07) is 15.7. The second-order valence-corrected chi connectivity index (χ2v) is 7.68. The molecule has 140 valence electrons. The highest BCUT2D eigenvalue weighted by Crippen LogP contribution is 2.35. The van der Waals surface area contributed by atoms with Crippen LogP contribution in [0.2, 0.25) is 0 Å². The lowest BCUT2D eigenvalue weighted by Crippen LogP contribution is -2.27. The van der Waals surface area contributed by atoms with Crippen LogP contribution in [0.5, 0.6) is 11.5 Å². The molecule has 1 amide bonds. The fourth-order valence-corrected chi connectivity index (χ4v) is 4.16. The number of ether oxygens (including phenoxy) is 2. The highest BCUT2D eigenvalue weighted by atomic mass is 32.2. The van der Waals surface area contributed by atoms with Gasteiger partial charge in [0, 0.05) is 6.54 Å². The Bertz CT molecular complexity index is 880. The first kappa shape index (κ1) is 19.5. The number of hydrogen-bond acceptors (Lipinski definition) is 5. The number of hydrogen-bond donors (Lipinski definition) is 0. The topological polar surface area (TPSA) is 38.8 Å². The lowest BCUT2D eigenvalue weighted by atomic mass is 10.1. The van der Waals surface area contributed by atoms with E-state index in [0.29, 0.717) is 27.3 Å². The van der Waals surface area contributed by atoms with E-state index in [2.05, 4.69) is 0 Å². The molecule has 1 aliphatic rings. The van der Waals surface area contributed by atoms with Crippen molar-refractivity contribution < 1.29 is 14.3 Å². The Labute approximate surface area is 169 Å². The summed E-state index contributed by atoms with van der Waals surface area (Å²) in [6.45, 7) is 4.49. The number of amides is 1. The Hall–Kier alpha value is -2.31. The average Bonchev–Trinajstić information content (AvgIpc) is 2.96. The predicted molar refractivity (Wildman–Crippen MR) is 114 cm³/mol. The summed E-state index contributed by atoms with van der Waals surface area (Å²) in [7, 11) is 1.61. The molecule has 1 fully saturated rings. The first-order valence-electron chi connectivity index (χ1n) is 8.68. The summed E-state index contributed by atoms with van der Waals surface area (Å²) < 4.78 is 12.2. The van der Waals surface area contributed by atoms with Crippen LogP contribution in [0.25, 0.3) is 6.08 Å². The summed E-state index contributed by atoms with van der Waals surface area (Å²) in [5.74, 6) is 1.23. The number of benzene rings is 2. The quantitative estimate of drug-likeness (QED) is 0.502. The number of methoxy groups -OCH3 is 1. The van der Waals surface area contributed by atoms with Gasteiger partial charge in [0.25, 0.3) is 5.91 Å². The third-order valence-electron chi connectivity index (χ3n) is 4.25. The molecule has 6 heteroatoms. The van der Waals surface area contributed by atoms with E-state index in [0.717, 1.165) is 11.1 Å². The highest BCUT2D eigenvalue weighted by Gasteiger charge is 2.30. The minimum atomic E-state index is -0.105. The molecule has 0 N–H and O–H groups in total. The van der Waals surface area contributed by atoms with Crippen molar-refractivity contribution in [2.45, 2.75) is 20.0 Å². The van der Waals surface area contributed by atoms with Crippen LogP contribution < -0.4 is 9.47 Å². The standard InChI is InChI=1S/C21H21NO3S2/c1-4-22-20(23)19(27-21(22)26)13-15-10-11-17(18(12-15)24-3)25-14(2)16-8-6-5-7-9-16/h5-14H,4H2,1-3H3/b19-13+. The van der Waals surface area contributed by atoms with Crippen LogP contribution in [0, 0.1) is 0 Å². The van der Waals surface area contributed by atoms with E-state index in [1.165, 1.54) is 11.8 Å². The van der Waals surface area contributed by atoms with E-state index in [9.17, 15) is 4.79 Å². The maximum atomic E-state index is 12.4. The van der Waals surface area contributed by atoms with E-state index in [4.69, 9.17) is 21.7 Å². The molecular weight excluding hydrogens is 378 g/mol. The van der Waals surface area contributed by atoms with Crippen molar-refractivity contribution >= 4 is 40.3 Å². The van der Waals surface area contributed by atoms with Gasteiger partial charge in [0.1, 0.15) is 10.4 Å². The first-order valence-corrected chi connectivity index (χ1v) is 9.91. The van der Waals surface area contributed by atoms with Gasteiger partial charge in [-0.15, -0.1) is 0 Å². The van der Waals surface area contributed by atoms with E-state index < -0.39 is 0 Å². The molecule has 0 aromatic heterocycles. The molecule has 0 bridgehead atoms. The zero-order chi connectivity index (χ0) is 19.4. The summed E-state index contributed by atoms with van der Waals surface area (Å²) in [6.07, 6.45) is 1.73. The van der Waals surface area contributed by atoms with Gasteiger partial charge in [-0.3, -0.25) is 9.69 Å². The van der Waals surface area contributed by atoms with Crippen molar-refractivity contribution in [2.24, 2.45) is 0 Å². The SMILES string of the molecule is CCN1C(=O)/C(=C\c2ccc(OC(C)c3ccccc3)c(OC)c2)SC1=S. The molecule has 0 radical (unpaired) electrons. The normalized spacial score (nSPS) is 16.7. The number of nitrogens with zero attached hydrogens (tertiary/aromatic N) is 1. The second kappa shape index (κ2) is 8.59. The van der Waals surface area contributed by atoms with Crippen molar-refractivity contribution in [3.63, 3.8) is 0 Å². The smallest absolute Gasteiger partial charge is 0.266 e. The van der Waals surface area contributed by atoms with Gasteiger partial charge in [0.15, 0.2) is 11.5 Å². The fourth-order valence-electron chi connectivity index (χ4n) is 2.78. The molecule has 1 unspecified atom stereocenters. The molecule has 2 aromatic rings. The summed E-state index contributed by atoms with van der Waals surface area (Å²) in [5, 5.41) is 0. The molecule has 0 saturated carbocycles. The van der Waals surface area contributed by atoms with Crippen LogP contribution in [0.15, 0.2) is 53.4 Å². The van der Waals surface area contributed by atoms with Crippen molar-refractivity contribution in [1.82, 2.24) is 4.90 Å². The third kappa shape index (κ3) is 4.34. The lowest BCUT2D eigenvalue weighted by Gasteiger charge is -2.17. The van der Waals surface area contributed by atoms with Crippen LogP contribution in [0.1, 0.15) is 31.1 Å². The zero-order valence-electron chi connectivity index (χ0n) is 15.5. The maximum absolute atomic E-state index is 12.4. The largest absolute Gasteiger partial charge is 0.493 e. The average molecular weight is 400 g/mol. The highest BCUT2D eigenvalue weighted by molar-refractivity contribution is 8.26. The Morgan fingerprint density at radius 2 is 1.93 bits per heavy atom. The van der Waals surface area contributed by atoms with Gasteiger partial charge < -0.3 is 9.47 Å². The Balaban J connectivity index is 1.82. The summed E-state index contributed by atoms with van der Waals surface area (Å²) in [4.78, 5) is 14.6.